The lowest BCUT2D eigenvalue weighted by atomic mass is 10.2. The van der Waals surface area contributed by atoms with Gasteiger partial charge < -0.3 is 24.4 Å². The van der Waals surface area contributed by atoms with Crippen molar-refractivity contribution in [3.05, 3.63) is 52.6 Å². The van der Waals surface area contributed by atoms with E-state index in [9.17, 15) is 14.9 Å². The summed E-state index contributed by atoms with van der Waals surface area (Å²) in [6.45, 7) is 2.79. The molecule has 1 unspecified atom stereocenters. The highest BCUT2D eigenvalue weighted by molar-refractivity contribution is 5.95. The van der Waals surface area contributed by atoms with E-state index in [-0.39, 0.29) is 23.4 Å². The second-order valence-corrected chi connectivity index (χ2v) is 6.90. The van der Waals surface area contributed by atoms with Crippen molar-refractivity contribution in [1.82, 2.24) is 0 Å². The third kappa shape index (κ3) is 4.75. The Morgan fingerprint density at radius 2 is 2.07 bits per heavy atom. The molecule has 0 aromatic heterocycles. The molecule has 9 heteroatoms. The van der Waals surface area contributed by atoms with E-state index < -0.39 is 11.0 Å². The maximum Gasteiger partial charge on any atom is 0.282 e. The monoisotopic (exact) mass is 402 g/mol. The molecular weight excluding hydrogens is 378 g/mol. The predicted molar refractivity (Wildman–Crippen MR) is 106 cm³/mol. The van der Waals surface area contributed by atoms with Crippen molar-refractivity contribution in [3.8, 4) is 17.2 Å². The molecule has 0 saturated carbocycles. The molecule has 0 bridgehead atoms. The highest BCUT2D eigenvalue weighted by Gasteiger charge is 2.29. The van der Waals surface area contributed by atoms with Crippen LogP contribution in [0.4, 0.5) is 11.4 Å². The molecule has 2 aromatic carbocycles. The van der Waals surface area contributed by atoms with Crippen molar-refractivity contribution in [2.75, 3.05) is 32.6 Å². The largest absolute Gasteiger partial charge is 0.494 e. The molecule has 3 rings (SSSR count). The van der Waals surface area contributed by atoms with E-state index >= 15 is 0 Å². The lowest BCUT2D eigenvalue weighted by Crippen LogP contribution is -3.15. The number of quaternary nitrogens is 1. The molecule has 1 amide bonds. The number of nitrogens with one attached hydrogen (secondary N) is 2. The number of carbonyl (C=O) groups is 1. The number of amides is 1. The molecule has 2 N–H and O–H groups in total. The standard InChI is InChI=1S/C20H23N3O6/c1-13(20(24)21-16-9-8-14(23(25)26)10-19(16)27-3)22(2)11-15-12-28-17-6-4-5-7-18(17)29-15/h4-10,13,15H,11-12H2,1-3H3,(H,21,24)/p+1/t13-,15+/m0/s1. The van der Waals surface area contributed by atoms with Crippen molar-refractivity contribution >= 4 is 17.3 Å². The summed E-state index contributed by atoms with van der Waals surface area (Å²) in [4.78, 5) is 24.0. The van der Waals surface area contributed by atoms with Gasteiger partial charge in [0.25, 0.3) is 11.6 Å². The quantitative estimate of drug-likeness (QED) is 0.534. The van der Waals surface area contributed by atoms with Crippen molar-refractivity contribution in [2.24, 2.45) is 0 Å². The van der Waals surface area contributed by atoms with Gasteiger partial charge in [-0.1, -0.05) is 12.1 Å². The highest BCUT2D eigenvalue weighted by atomic mass is 16.6. The molecule has 0 radical (unpaired) electrons. The second kappa shape index (κ2) is 8.78. The Morgan fingerprint density at radius 1 is 1.34 bits per heavy atom. The van der Waals surface area contributed by atoms with Gasteiger partial charge in [0, 0.05) is 6.07 Å². The zero-order valence-electron chi connectivity index (χ0n) is 16.5. The van der Waals surface area contributed by atoms with Crippen LogP contribution in [-0.2, 0) is 4.79 Å². The Hall–Kier alpha value is -3.33. The maximum absolute atomic E-state index is 12.7. The van der Waals surface area contributed by atoms with Gasteiger partial charge in [-0.25, -0.2) is 0 Å². The van der Waals surface area contributed by atoms with Crippen LogP contribution in [0.5, 0.6) is 17.2 Å². The van der Waals surface area contributed by atoms with Crippen LogP contribution >= 0.6 is 0 Å². The average molecular weight is 402 g/mol. The number of hydrogen-bond acceptors (Lipinski definition) is 6. The van der Waals surface area contributed by atoms with Gasteiger partial charge in [0.05, 0.1) is 30.8 Å². The molecule has 1 aliphatic heterocycles. The zero-order chi connectivity index (χ0) is 21.0. The van der Waals surface area contributed by atoms with Crippen LogP contribution < -0.4 is 24.4 Å². The number of fused-ring (bicyclic) bond motifs is 1. The van der Waals surface area contributed by atoms with Gasteiger partial charge in [-0.15, -0.1) is 0 Å². The van der Waals surface area contributed by atoms with Crippen LogP contribution in [0, 0.1) is 10.1 Å². The third-order valence-electron chi connectivity index (χ3n) is 4.90. The zero-order valence-corrected chi connectivity index (χ0v) is 16.5. The van der Waals surface area contributed by atoms with Crippen LogP contribution in [0.15, 0.2) is 42.5 Å². The molecular formula is C20H24N3O6+. The number of anilines is 1. The number of nitro groups is 1. The molecule has 0 fully saturated rings. The minimum absolute atomic E-state index is 0.106. The summed E-state index contributed by atoms with van der Waals surface area (Å²) in [6, 6.07) is 11.2. The van der Waals surface area contributed by atoms with E-state index in [1.54, 1.807) is 6.92 Å². The van der Waals surface area contributed by atoms with E-state index in [1.807, 2.05) is 31.3 Å². The molecule has 29 heavy (non-hydrogen) atoms. The summed E-state index contributed by atoms with van der Waals surface area (Å²) in [7, 11) is 3.30. The summed E-state index contributed by atoms with van der Waals surface area (Å²) >= 11 is 0. The van der Waals surface area contributed by atoms with Crippen LogP contribution in [0.2, 0.25) is 0 Å². The first-order valence-electron chi connectivity index (χ1n) is 9.23. The number of nitrogens with zero attached hydrogens (tertiary/aromatic N) is 1. The predicted octanol–water partition coefficient (Wildman–Crippen LogP) is 1.29. The van der Waals surface area contributed by atoms with E-state index in [2.05, 4.69) is 5.32 Å². The minimum Gasteiger partial charge on any atom is -0.494 e. The summed E-state index contributed by atoms with van der Waals surface area (Å²) in [6.07, 6.45) is -0.172. The molecule has 0 aliphatic carbocycles. The van der Waals surface area contributed by atoms with Gasteiger partial charge in [0.15, 0.2) is 23.6 Å². The smallest absolute Gasteiger partial charge is 0.282 e. The van der Waals surface area contributed by atoms with Crippen LogP contribution in [0.1, 0.15) is 6.92 Å². The molecule has 2 aromatic rings. The van der Waals surface area contributed by atoms with E-state index in [0.717, 1.165) is 10.6 Å². The fourth-order valence-corrected chi connectivity index (χ4v) is 3.06. The Labute approximate surface area is 168 Å². The lowest BCUT2D eigenvalue weighted by molar-refractivity contribution is -0.896. The van der Waals surface area contributed by atoms with Gasteiger partial charge >= 0.3 is 0 Å². The first-order chi connectivity index (χ1) is 13.9. The Kier molecular flexibility index (Phi) is 6.18. The van der Waals surface area contributed by atoms with Gasteiger partial charge in [-0.05, 0) is 25.1 Å². The van der Waals surface area contributed by atoms with Gasteiger partial charge in [0.1, 0.15) is 18.9 Å². The van der Waals surface area contributed by atoms with Crippen molar-refractivity contribution in [3.63, 3.8) is 0 Å². The number of methoxy groups -OCH3 is 1. The van der Waals surface area contributed by atoms with Crippen molar-refractivity contribution in [1.29, 1.82) is 0 Å². The molecule has 0 spiro atoms. The summed E-state index contributed by atoms with van der Waals surface area (Å²) in [5.41, 5.74) is 0.277. The molecule has 9 nitrogen and oxygen atoms in total. The van der Waals surface area contributed by atoms with Crippen molar-refractivity contribution in [2.45, 2.75) is 19.1 Å². The number of hydrogen-bond donors (Lipinski definition) is 2. The summed E-state index contributed by atoms with van der Waals surface area (Å²) in [5.74, 6) is 1.42. The first kappa shape index (κ1) is 20.4. The molecule has 1 heterocycles. The number of likely N-dealkylation sites (N-methyl/N-ethyl adjacent to an activating group) is 1. The van der Waals surface area contributed by atoms with Crippen LogP contribution in [-0.4, -0.2) is 50.3 Å². The number of ether oxygens (including phenoxy) is 3. The van der Waals surface area contributed by atoms with Gasteiger partial charge in [-0.3, -0.25) is 14.9 Å². The number of carbonyl (C=O) groups excluding carboxylic acids is 1. The van der Waals surface area contributed by atoms with Gasteiger partial charge in [0.2, 0.25) is 0 Å². The van der Waals surface area contributed by atoms with E-state index in [0.29, 0.717) is 24.6 Å². The van der Waals surface area contributed by atoms with Crippen LogP contribution in [0.25, 0.3) is 0 Å². The fourth-order valence-electron chi connectivity index (χ4n) is 3.06. The topological polar surface area (TPSA) is 104 Å². The normalized spacial score (nSPS) is 17.1. The van der Waals surface area contributed by atoms with E-state index in [1.165, 1.54) is 25.3 Å². The molecule has 1 aliphatic rings. The maximum atomic E-state index is 12.7. The lowest BCUT2D eigenvalue weighted by Gasteiger charge is -2.29. The SMILES string of the molecule is COc1cc([N+](=O)[O-])ccc1NC(=O)[C@H](C)[NH+](C)C[C@@H]1COc2ccccc2O1. The second-order valence-electron chi connectivity index (χ2n) is 6.90. The third-order valence-corrected chi connectivity index (χ3v) is 4.90. The Balaban J connectivity index is 1.61. The van der Waals surface area contributed by atoms with Gasteiger partial charge in [-0.2, -0.15) is 0 Å². The summed E-state index contributed by atoms with van der Waals surface area (Å²) < 4.78 is 16.9. The van der Waals surface area contributed by atoms with Crippen molar-refractivity contribution < 1.29 is 28.8 Å². The Bertz CT molecular complexity index is 904. The highest BCUT2D eigenvalue weighted by Crippen LogP contribution is 2.31. The van der Waals surface area contributed by atoms with E-state index in [4.69, 9.17) is 14.2 Å². The summed E-state index contributed by atoms with van der Waals surface area (Å²) in [5, 5.41) is 13.7. The van der Waals surface area contributed by atoms with Crippen LogP contribution in [0.3, 0.4) is 0 Å². The number of nitro benzene ring substituents is 1. The first-order valence-corrected chi connectivity index (χ1v) is 9.23. The molecule has 0 saturated heterocycles. The number of para-hydroxylation sites is 2. The molecule has 154 valence electrons. The Morgan fingerprint density at radius 3 is 2.76 bits per heavy atom. The number of rotatable bonds is 7. The fraction of sp³-hybridized carbons (Fsp3) is 0.350. The number of non-ortho nitro benzene ring substituents is 1. The average Bonchev–Trinajstić information content (AvgIpc) is 2.73. The number of benzene rings is 2. The molecule has 3 atom stereocenters. The minimum atomic E-state index is -0.515.